The van der Waals surface area contributed by atoms with Crippen molar-refractivity contribution in [3.63, 3.8) is 0 Å². The molecule has 6 heteroatoms. The quantitative estimate of drug-likeness (QED) is 0.872. The third-order valence-electron chi connectivity index (χ3n) is 3.57. The van der Waals surface area contributed by atoms with Gasteiger partial charge in [0.15, 0.2) is 0 Å². The first-order chi connectivity index (χ1) is 10.0. The minimum absolute atomic E-state index is 0.277. The number of carbonyl (C=O) groups is 1. The lowest BCUT2D eigenvalue weighted by Gasteiger charge is -2.36. The van der Waals surface area contributed by atoms with E-state index in [1.807, 2.05) is 11.8 Å². The smallest absolute Gasteiger partial charge is 0.325 e. The maximum absolute atomic E-state index is 11.7. The number of rotatable bonds is 5. The molecule has 0 radical (unpaired) electrons. The normalized spacial score (nSPS) is 21.0. The molecule has 1 saturated heterocycles. The van der Waals surface area contributed by atoms with Crippen LogP contribution in [-0.2, 0) is 4.79 Å². The lowest BCUT2D eigenvalue weighted by atomic mass is 10.0. The monoisotopic (exact) mass is 312 g/mol. The summed E-state index contributed by atoms with van der Waals surface area (Å²) >= 11 is 6.18. The van der Waals surface area contributed by atoms with Gasteiger partial charge >= 0.3 is 5.97 Å². The fraction of sp³-hybridized carbons (Fsp3) is 0.533. The maximum Gasteiger partial charge on any atom is 0.325 e. The summed E-state index contributed by atoms with van der Waals surface area (Å²) in [7, 11) is 0. The van der Waals surface area contributed by atoms with E-state index < -0.39 is 12.0 Å². The number of hydrogen-bond donors (Lipinski definition) is 2. The van der Waals surface area contributed by atoms with Crippen LogP contribution in [0.15, 0.2) is 18.2 Å². The predicted molar refractivity (Wildman–Crippen MR) is 82.0 cm³/mol. The Morgan fingerprint density at radius 2 is 2.38 bits per heavy atom. The van der Waals surface area contributed by atoms with Gasteiger partial charge < -0.3 is 15.2 Å². The highest BCUT2D eigenvalue weighted by atomic mass is 35.5. The van der Waals surface area contributed by atoms with Crippen LogP contribution >= 0.6 is 11.6 Å². The van der Waals surface area contributed by atoms with Crippen molar-refractivity contribution in [1.82, 2.24) is 10.2 Å². The number of nitrogens with one attached hydrogen (secondary N) is 1. The summed E-state index contributed by atoms with van der Waals surface area (Å²) in [5.41, 5.74) is 0.685. The first-order valence-corrected chi connectivity index (χ1v) is 7.53. The Labute approximate surface area is 129 Å². The lowest BCUT2D eigenvalue weighted by Crippen LogP contribution is -2.51. The van der Waals surface area contributed by atoms with Gasteiger partial charge in [0.25, 0.3) is 0 Å². The molecule has 1 aromatic carbocycles. The molecule has 2 unspecified atom stereocenters. The van der Waals surface area contributed by atoms with Crippen molar-refractivity contribution >= 4 is 17.6 Å². The van der Waals surface area contributed by atoms with Gasteiger partial charge in [0.1, 0.15) is 11.8 Å². The van der Waals surface area contributed by atoms with E-state index in [0.717, 1.165) is 6.54 Å². The van der Waals surface area contributed by atoms with Crippen LogP contribution in [0.2, 0.25) is 5.02 Å². The van der Waals surface area contributed by atoms with E-state index in [2.05, 4.69) is 12.2 Å². The van der Waals surface area contributed by atoms with E-state index in [0.29, 0.717) is 36.0 Å². The summed E-state index contributed by atoms with van der Waals surface area (Å²) in [6, 6.07) is 4.81. The number of nitrogens with zero attached hydrogens (tertiary/aromatic N) is 1. The van der Waals surface area contributed by atoms with E-state index in [-0.39, 0.29) is 6.04 Å². The molecule has 1 heterocycles. The molecule has 2 atom stereocenters. The summed E-state index contributed by atoms with van der Waals surface area (Å²) in [6.45, 7) is 6.64. The molecular formula is C15H21ClN2O3. The maximum atomic E-state index is 11.7. The molecule has 2 rings (SSSR count). The Kier molecular flexibility index (Phi) is 5.45. The first kappa shape index (κ1) is 16.1. The summed E-state index contributed by atoms with van der Waals surface area (Å²) in [5.74, 6) is -0.273. The topological polar surface area (TPSA) is 61.8 Å². The van der Waals surface area contributed by atoms with Gasteiger partial charge in [0.2, 0.25) is 0 Å². The SMILES string of the molecule is CCOc1ccc(C(C(=O)O)N2CCNC(C)C2)cc1Cl. The molecule has 0 aromatic heterocycles. The molecule has 1 aromatic rings. The number of piperazine rings is 1. The number of halogens is 1. The van der Waals surface area contributed by atoms with Crippen molar-refractivity contribution in [2.24, 2.45) is 0 Å². The zero-order valence-electron chi connectivity index (χ0n) is 12.3. The Hall–Kier alpha value is -1.30. The van der Waals surface area contributed by atoms with Crippen LogP contribution in [0.3, 0.4) is 0 Å². The van der Waals surface area contributed by atoms with Gasteiger partial charge in [0.05, 0.1) is 11.6 Å². The Morgan fingerprint density at radius 3 is 2.95 bits per heavy atom. The number of aliphatic carboxylic acids is 1. The van der Waals surface area contributed by atoms with E-state index in [4.69, 9.17) is 16.3 Å². The highest BCUT2D eigenvalue weighted by Crippen LogP contribution is 2.30. The molecule has 0 amide bonds. The summed E-state index contributed by atoms with van der Waals surface area (Å²) in [5, 5.41) is 13.4. The molecule has 2 N–H and O–H groups in total. The third-order valence-corrected chi connectivity index (χ3v) is 3.87. The van der Waals surface area contributed by atoms with Gasteiger partial charge in [-0.25, -0.2) is 0 Å². The predicted octanol–water partition coefficient (Wildman–Crippen LogP) is 2.16. The van der Waals surface area contributed by atoms with Crippen molar-refractivity contribution in [2.75, 3.05) is 26.2 Å². The molecule has 0 aliphatic carbocycles. The third kappa shape index (κ3) is 3.87. The minimum atomic E-state index is -0.857. The summed E-state index contributed by atoms with van der Waals surface area (Å²) < 4.78 is 5.39. The Morgan fingerprint density at radius 1 is 1.62 bits per heavy atom. The minimum Gasteiger partial charge on any atom is -0.492 e. The van der Waals surface area contributed by atoms with E-state index in [9.17, 15) is 9.90 Å². The molecule has 0 spiro atoms. The molecule has 0 saturated carbocycles. The van der Waals surface area contributed by atoms with Gasteiger partial charge in [-0.1, -0.05) is 17.7 Å². The first-order valence-electron chi connectivity index (χ1n) is 7.15. The molecule has 1 fully saturated rings. The fourth-order valence-electron chi connectivity index (χ4n) is 2.67. The van der Waals surface area contributed by atoms with Gasteiger partial charge in [-0.05, 0) is 31.5 Å². The van der Waals surface area contributed by atoms with E-state index >= 15 is 0 Å². The van der Waals surface area contributed by atoms with Crippen molar-refractivity contribution in [2.45, 2.75) is 25.9 Å². The van der Waals surface area contributed by atoms with Crippen molar-refractivity contribution in [3.8, 4) is 5.75 Å². The highest BCUT2D eigenvalue weighted by molar-refractivity contribution is 6.32. The van der Waals surface area contributed by atoms with Gasteiger partial charge in [-0.3, -0.25) is 9.69 Å². The number of carboxylic acid groups (broad SMARTS) is 1. The average molecular weight is 313 g/mol. The van der Waals surface area contributed by atoms with Crippen molar-refractivity contribution in [1.29, 1.82) is 0 Å². The van der Waals surface area contributed by atoms with Crippen LogP contribution in [0.4, 0.5) is 0 Å². The van der Waals surface area contributed by atoms with Crippen LogP contribution in [0.1, 0.15) is 25.5 Å². The molecule has 1 aliphatic heterocycles. The molecule has 21 heavy (non-hydrogen) atoms. The van der Waals surface area contributed by atoms with Crippen LogP contribution in [-0.4, -0.2) is 48.3 Å². The lowest BCUT2D eigenvalue weighted by molar-refractivity contribution is -0.144. The molecule has 1 aliphatic rings. The molecule has 5 nitrogen and oxygen atoms in total. The zero-order chi connectivity index (χ0) is 15.4. The van der Waals surface area contributed by atoms with Crippen molar-refractivity contribution in [3.05, 3.63) is 28.8 Å². The second-order valence-corrected chi connectivity index (χ2v) is 5.62. The van der Waals surface area contributed by atoms with Gasteiger partial charge in [-0.15, -0.1) is 0 Å². The highest BCUT2D eigenvalue weighted by Gasteiger charge is 2.30. The summed E-state index contributed by atoms with van der Waals surface area (Å²) in [4.78, 5) is 13.7. The number of ether oxygens (including phenoxy) is 1. The second-order valence-electron chi connectivity index (χ2n) is 5.21. The average Bonchev–Trinajstić information content (AvgIpc) is 2.42. The van der Waals surface area contributed by atoms with E-state index in [1.165, 1.54) is 0 Å². The van der Waals surface area contributed by atoms with Crippen LogP contribution in [0, 0.1) is 0 Å². The zero-order valence-corrected chi connectivity index (χ0v) is 13.1. The van der Waals surface area contributed by atoms with Crippen LogP contribution in [0.5, 0.6) is 5.75 Å². The Balaban J connectivity index is 2.26. The fourth-order valence-corrected chi connectivity index (χ4v) is 2.91. The Bertz CT molecular complexity index is 510. The molecule has 0 bridgehead atoms. The summed E-state index contributed by atoms with van der Waals surface area (Å²) in [6.07, 6.45) is 0. The number of benzene rings is 1. The largest absolute Gasteiger partial charge is 0.492 e. The molecule has 116 valence electrons. The van der Waals surface area contributed by atoms with Gasteiger partial charge in [0, 0.05) is 25.7 Å². The molecular weight excluding hydrogens is 292 g/mol. The number of carboxylic acids is 1. The van der Waals surface area contributed by atoms with Crippen LogP contribution in [0.25, 0.3) is 0 Å². The van der Waals surface area contributed by atoms with E-state index in [1.54, 1.807) is 18.2 Å². The second kappa shape index (κ2) is 7.11. The van der Waals surface area contributed by atoms with Crippen molar-refractivity contribution < 1.29 is 14.6 Å². The van der Waals surface area contributed by atoms with Gasteiger partial charge in [-0.2, -0.15) is 0 Å². The van der Waals surface area contributed by atoms with Crippen LogP contribution < -0.4 is 10.1 Å². The number of hydrogen-bond acceptors (Lipinski definition) is 4. The standard InChI is InChI=1S/C15H21ClN2O3/c1-3-21-13-5-4-11(8-12(13)16)14(15(19)20)18-7-6-17-10(2)9-18/h4-5,8,10,14,17H,3,6-7,9H2,1-2H3,(H,19,20).